The van der Waals surface area contributed by atoms with E-state index in [0.717, 1.165) is 0 Å². The highest BCUT2D eigenvalue weighted by Gasteiger charge is 2.24. The van der Waals surface area contributed by atoms with Crippen LogP contribution in [0.3, 0.4) is 0 Å². The van der Waals surface area contributed by atoms with Crippen LogP contribution < -0.4 is 10.0 Å². The summed E-state index contributed by atoms with van der Waals surface area (Å²) in [5, 5.41) is 3.30. The van der Waals surface area contributed by atoms with E-state index in [1.807, 2.05) is 0 Å². The molecule has 0 aliphatic heterocycles. The summed E-state index contributed by atoms with van der Waals surface area (Å²) in [6, 6.07) is 2.05. The average molecular weight is 272 g/mol. The monoisotopic (exact) mass is 272 g/mol. The predicted octanol–water partition coefficient (Wildman–Crippen LogP) is 1.53. The largest absolute Gasteiger partial charge is 0.464 e. The van der Waals surface area contributed by atoms with Crippen LogP contribution in [-0.2, 0) is 16.6 Å². The van der Waals surface area contributed by atoms with Crippen LogP contribution >= 0.6 is 0 Å². The molecule has 0 spiro atoms. The summed E-state index contributed by atoms with van der Waals surface area (Å²) in [5.74, 6) is 1.11. The van der Waals surface area contributed by atoms with Crippen LogP contribution in [0.2, 0.25) is 0 Å². The summed E-state index contributed by atoms with van der Waals surface area (Å²) in [7, 11) is -3.46. The van der Waals surface area contributed by atoms with E-state index >= 15 is 0 Å². The fourth-order valence-corrected chi connectivity index (χ4v) is 3.24. The summed E-state index contributed by atoms with van der Waals surface area (Å²) >= 11 is 0. The Bertz CT molecular complexity index is 515. The molecule has 0 saturated heterocycles. The molecule has 2 rings (SSSR count). The van der Waals surface area contributed by atoms with Gasteiger partial charge in [0, 0.05) is 18.2 Å². The second-order valence-corrected chi connectivity index (χ2v) is 6.75. The first-order chi connectivity index (χ1) is 8.38. The lowest BCUT2D eigenvalue weighted by molar-refractivity contribution is 0.456. The summed E-state index contributed by atoms with van der Waals surface area (Å²) in [6.45, 7) is 5.85. The van der Waals surface area contributed by atoms with Crippen LogP contribution in [0.4, 0.5) is 0 Å². The van der Waals surface area contributed by atoms with E-state index < -0.39 is 10.0 Å². The molecular formula is C12H20N2O3S. The van der Waals surface area contributed by atoms with Gasteiger partial charge < -0.3 is 9.73 Å². The van der Waals surface area contributed by atoms with Gasteiger partial charge in [-0.25, -0.2) is 13.1 Å². The topological polar surface area (TPSA) is 71.3 Å². The second-order valence-electron chi connectivity index (χ2n) is 5.06. The second kappa shape index (κ2) is 5.03. The number of sulfonamides is 1. The molecule has 0 bridgehead atoms. The lowest BCUT2D eigenvalue weighted by Gasteiger charge is -2.07. The number of nitrogens with one attached hydrogen (secondary N) is 2. The van der Waals surface area contributed by atoms with Crippen molar-refractivity contribution >= 4 is 10.0 Å². The molecule has 0 amide bonds. The van der Waals surface area contributed by atoms with Gasteiger partial charge in [0.15, 0.2) is 0 Å². The Morgan fingerprint density at radius 2 is 2.11 bits per heavy atom. The van der Waals surface area contributed by atoms with Crippen LogP contribution in [0, 0.1) is 6.92 Å². The Hall–Kier alpha value is -0.850. The van der Waals surface area contributed by atoms with Gasteiger partial charge in [-0.15, -0.1) is 0 Å². The summed E-state index contributed by atoms with van der Waals surface area (Å²) in [6.07, 6.45) is 2.39. The highest BCUT2D eigenvalue weighted by molar-refractivity contribution is 7.89. The maximum absolute atomic E-state index is 12.0. The zero-order valence-corrected chi connectivity index (χ0v) is 11.8. The van der Waals surface area contributed by atoms with Gasteiger partial charge in [-0.2, -0.15) is 0 Å². The molecule has 1 heterocycles. The van der Waals surface area contributed by atoms with E-state index in [-0.39, 0.29) is 10.9 Å². The molecular weight excluding hydrogens is 252 g/mol. The lowest BCUT2D eigenvalue weighted by atomic mass is 10.4. The lowest BCUT2D eigenvalue weighted by Crippen LogP contribution is -2.30. The van der Waals surface area contributed by atoms with Gasteiger partial charge >= 0.3 is 0 Å². The van der Waals surface area contributed by atoms with Crippen molar-refractivity contribution in [1.82, 2.24) is 10.0 Å². The molecule has 2 N–H and O–H groups in total. The first-order valence-corrected chi connectivity index (χ1v) is 7.72. The van der Waals surface area contributed by atoms with Gasteiger partial charge in [-0.3, -0.25) is 0 Å². The molecule has 0 unspecified atom stereocenters. The molecule has 0 aromatic carbocycles. The normalized spacial score (nSPS) is 16.4. The third-order valence-electron chi connectivity index (χ3n) is 2.75. The third kappa shape index (κ3) is 3.34. The van der Waals surface area contributed by atoms with E-state index in [1.165, 1.54) is 12.8 Å². The summed E-state index contributed by atoms with van der Waals surface area (Å²) < 4.78 is 32.1. The fourth-order valence-electron chi connectivity index (χ4n) is 1.78. The summed E-state index contributed by atoms with van der Waals surface area (Å²) in [4.78, 5) is 0.240. The number of hydrogen-bond donors (Lipinski definition) is 2. The Kier molecular flexibility index (Phi) is 3.79. The molecule has 1 aliphatic carbocycles. The van der Waals surface area contributed by atoms with E-state index in [4.69, 9.17) is 4.42 Å². The minimum absolute atomic E-state index is 0.127. The zero-order valence-electron chi connectivity index (χ0n) is 11.0. The highest BCUT2D eigenvalue weighted by atomic mass is 32.2. The SMILES string of the molecule is Cc1oc(CNC2CC2)cc1S(=O)(=O)NC(C)C. The molecule has 1 saturated carbocycles. The van der Waals surface area contributed by atoms with Crippen LogP contribution in [0.5, 0.6) is 0 Å². The van der Waals surface area contributed by atoms with Crippen LogP contribution in [-0.4, -0.2) is 20.5 Å². The van der Waals surface area contributed by atoms with Gasteiger partial charge in [0.25, 0.3) is 0 Å². The maximum Gasteiger partial charge on any atom is 0.244 e. The molecule has 0 radical (unpaired) electrons. The molecule has 1 fully saturated rings. The number of rotatable bonds is 6. The maximum atomic E-state index is 12.0. The van der Waals surface area contributed by atoms with E-state index in [2.05, 4.69) is 10.0 Å². The Morgan fingerprint density at radius 1 is 1.44 bits per heavy atom. The Labute approximate surface area is 108 Å². The quantitative estimate of drug-likeness (QED) is 0.824. The van der Waals surface area contributed by atoms with Gasteiger partial charge in [0.1, 0.15) is 16.4 Å². The van der Waals surface area contributed by atoms with Crippen LogP contribution in [0.25, 0.3) is 0 Å². The number of furan rings is 1. The Balaban J connectivity index is 2.12. The standard InChI is InChI=1S/C12H20N2O3S/c1-8(2)14-18(15,16)12-6-11(17-9(12)3)7-13-10-4-5-10/h6,8,10,13-14H,4-5,7H2,1-3H3. The van der Waals surface area contributed by atoms with Gasteiger partial charge in [0.05, 0.1) is 6.54 Å². The van der Waals surface area contributed by atoms with Crippen LogP contribution in [0.15, 0.2) is 15.4 Å². The average Bonchev–Trinajstić information content (AvgIpc) is 2.97. The molecule has 5 nitrogen and oxygen atoms in total. The Morgan fingerprint density at radius 3 is 2.67 bits per heavy atom. The summed E-state index contributed by atoms with van der Waals surface area (Å²) in [5.41, 5.74) is 0. The number of hydrogen-bond acceptors (Lipinski definition) is 4. The molecule has 6 heteroatoms. The van der Waals surface area contributed by atoms with E-state index in [9.17, 15) is 8.42 Å². The zero-order chi connectivity index (χ0) is 13.3. The molecule has 18 heavy (non-hydrogen) atoms. The van der Waals surface area contributed by atoms with Crippen molar-refractivity contribution in [2.24, 2.45) is 0 Å². The number of aryl methyl sites for hydroxylation is 1. The van der Waals surface area contributed by atoms with Gasteiger partial charge in [-0.05, 0) is 33.6 Å². The fraction of sp³-hybridized carbons (Fsp3) is 0.667. The van der Waals surface area contributed by atoms with Crippen molar-refractivity contribution in [3.63, 3.8) is 0 Å². The molecule has 102 valence electrons. The van der Waals surface area contributed by atoms with Crippen molar-refractivity contribution < 1.29 is 12.8 Å². The van der Waals surface area contributed by atoms with Crippen molar-refractivity contribution in [3.8, 4) is 0 Å². The van der Waals surface area contributed by atoms with Gasteiger partial charge in [0.2, 0.25) is 10.0 Å². The minimum Gasteiger partial charge on any atom is -0.464 e. The minimum atomic E-state index is -3.46. The first-order valence-electron chi connectivity index (χ1n) is 6.23. The van der Waals surface area contributed by atoms with E-state index in [0.29, 0.717) is 24.1 Å². The van der Waals surface area contributed by atoms with Crippen molar-refractivity contribution in [2.45, 2.75) is 57.1 Å². The first kappa shape index (κ1) is 13.6. The molecule has 1 aromatic heterocycles. The van der Waals surface area contributed by atoms with Crippen LogP contribution in [0.1, 0.15) is 38.2 Å². The molecule has 1 aliphatic rings. The smallest absolute Gasteiger partial charge is 0.244 e. The highest BCUT2D eigenvalue weighted by Crippen LogP contribution is 2.23. The van der Waals surface area contributed by atoms with Crippen molar-refractivity contribution in [1.29, 1.82) is 0 Å². The van der Waals surface area contributed by atoms with Crippen molar-refractivity contribution in [2.75, 3.05) is 0 Å². The molecule has 1 aromatic rings. The van der Waals surface area contributed by atoms with E-state index in [1.54, 1.807) is 26.8 Å². The third-order valence-corrected chi connectivity index (χ3v) is 4.51. The molecule has 0 atom stereocenters. The predicted molar refractivity (Wildman–Crippen MR) is 68.8 cm³/mol. The van der Waals surface area contributed by atoms with Gasteiger partial charge in [-0.1, -0.05) is 0 Å². The van der Waals surface area contributed by atoms with Crippen molar-refractivity contribution in [3.05, 3.63) is 17.6 Å².